The SMILES string of the molecule is C=C(C)C[C@](F)(c1ccc(C#N)cc1)C(F)(F)C(F)(F)C(F)(F)F. The highest BCUT2D eigenvalue weighted by atomic mass is 19.4. The molecule has 1 aromatic rings. The second-order valence-electron chi connectivity index (χ2n) is 5.27. The highest BCUT2D eigenvalue weighted by Crippen LogP contribution is 2.57. The van der Waals surface area contributed by atoms with Crippen molar-refractivity contribution in [3.05, 3.63) is 47.5 Å². The van der Waals surface area contributed by atoms with E-state index in [1.54, 1.807) is 6.07 Å². The molecule has 0 fully saturated rings. The van der Waals surface area contributed by atoms with E-state index in [1.165, 1.54) is 0 Å². The van der Waals surface area contributed by atoms with Crippen molar-refractivity contribution in [2.45, 2.75) is 37.0 Å². The van der Waals surface area contributed by atoms with Gasteiger partial charge in [-0.25, -0.2) is 4.39 Å². The summed E-state index contributed by atoms with van der Waals surface area (Å²) in [5.74, 6) is -12.7. The van der Waals surface area contributed by atoms with Crippen LogP contribution in [0, 0.1) is 11.3 Å². The maximum Gasteiger partial charge on any atom is 0.460 e. The van der Waals surface area contributed by atoms with Crippen molar-refractivity contribution in [2.24, 2.45) is 0 Å². The first-order valence-electron chi connectivity index (χ1n) is 6.37. The molecule has 132 valence electrons. The fourth-order valence-corrected chi connectivity index (χ4v) is 2.05. The highest BCUT2D eigenvalue weighted by molar-refractivity contribution is 5.36. The molecule has 24 heavy (non-hydrogen) atoms. The summed E-state index contributed by atoms with van der Waals surface area (Å²) in [4.78, 5) is 0. The third-order valence-electron chi connectivity index (χ3n) is 3.26. The first-order valence-corrected chi connectivity index (χ1v) is 6.37. The summed E-state index contributed by atoms with van der Waals surface area (Å²) in [5, 5.41) is 8.60. The molecule has 0 aliphatic carbocycles. The van der Waals surface area contributed by atoms with Crippen molar-refractivity contribution < 1.29 is 35.1 Å². The summed E-state index contributed by atoms with van der Waals surface area (Å²) >= 11 is 0. The molecule has 0 bridgehead atoms. The first kappa shape index (κ1) is 19.9. The smallest absolute Gasteiger partial charge is 0.231 e. The lowest BCUT2D eigenvalue weighted by atomic mass is 9.80. The zero-order chi connectivity index (χ0) is 19.0. The van der Waals surface area contributed by atoms with Crippen LogP contribution in [-0.4, -0.2) is 18.0 Å². The van der Waals surface area contributed by atoms with Crippen molar-refractivity contribution in [2.75, 3.05) is 0 Å². The Kier molecular flexibility index (Phi) is 5.04. The van der Waals surface area contributed by atoms with Gasteiger partial charge in [-0.05, 0) is 24.6 Å². The fraction of sp³-hybridized carbons (Fsp3) is 0.400. The zero-order valence-electron chi connectivity index (χ0n) is 12.2. The van der Waals surface area contributed by atoms with E-state index in [0.717, 1.165) is 19.1 Å². The minimum absolute atomic E-state index is 0.109. The summed E-state index contributed by atoms with van der Waals surface area (Å²) < 4.78 is 107. The molecular weight excluding hydrogens is 346 g/mol. The number of rotatable bonds is 5. The minimum atomic E-state index is -6.66. The van der Waals surface area contributed by atoms with Crippen LogP contribution in [0.5, 0.6) is 0 Å². The van der Waals surface area contributed by atoms with Crippen molar-refractivity contribution in [1.82, 2.24) is 0 Å². The maximum absolute atomic E-state index is 14.9. The van der Waals surface area contributed by atoms with Crippen LogP contribution in [0.2, 0.25) is 0 Å². The Morgan fingerprint density at radius 3 is 1.75 bits per heavy atom. The summed E-state index contributed by atoms with van der Waals surface area (Å²) in [6.45, 7) is 4.12. The number of nitrogens with zero attached hydrogens (tertiary/aromatic N) is 1. The highest BCUT2D eigenvalue weighted by Gasteiger charge is 2.80. The molecule has 9 heteroatoms. The molecule has 0 aromatic heterocycles. The Balaban J connectivity index is 3.60. The number of benzene rings is 1. The Bertz CT molecular complexity index is 654. The van der Waals surface area contributed by atoms with Gasteiger partial charge in [-0.15, -0.1) is 6.58 Å². The van der Waals surface area contributed by atoms with Gasteiger partial charge in [-0.3, -0.25) is 0 Å². The summed E-state index contributed by atoms with van der Waals surface area (Å²) in [6.07, 6.45) is -8.12. The van der Waals surface area contributed by atoms with Crippen LogP contribution in [0.25, 0.3) is 0 Å². The number of hydrogen-bond donors (Lipinski definition) is 0. The number of alkyl halides is 8. The quantitative estimate of drug-likeness (QED) is 0.503. The molecule has 1 nitrogen and oxygen atoms in total. The molecule has 0 saturated heterocycles. The van der Waals surface area contributed by atoms with Gasteiger partial charge >= 0.3 is 18.0 Å². The summed E-state index contributed by atoms with van der Waals surface area (Å²) in [5.41, 5.74) is -5.95. The van der Waals surface area contributed by atoms with Crippen LogP contribution in [0.15, 0.2) is 36.4 Å². The van der Waals surface area contributed by atoms with Crippen LogP contribution >= 0.6 is 0 Å². The lowest BCUT2D eigenvalue weighted by Gasteiger charge is -2.39. The molecule has 0 heterocycles. The van der Waals surface area contributed by atoms with E-state index in [4.69, 9.17) is 5.26 Å². The number of allylic oxidation sites excluding steroid dienone is 1. The molecule has 0 unspecified atom stereocenters. The lowest BCUT2D eigenvalue weighted by Crippen LogP contribution is -2.61. The molecule has 1 atom stereocenters. The number of halogens is 8. The van der Waals surface area contributed by atoms with Gasteiger partial charge in [-0.2, -0.15) is 36.0 Å². The molecule has 1 aromatic carbocycles. The van der Waals surface area contributed by atoms with Crippen LogP contribution in [0.4, 0.5) is 35.1 Å². The molecular formula is C15H11F8N. The van der Waals surface area contributed by atoms with Gasteiger partial charge in [0.05, 0.1) is 11.6 Å². The van der Waals surface area contributed by atoms with Gasteiger partial charge in [0.2, 0.25) is 5.67 Å². The zero-order valence-corrected chi connectivity index (χ0v) is 12.2. The standard InChI is InChI=1S/C15H11F8N/c1-9(2)7-12(16,11-5-3-10(8-24)4-6-11)13(17,18)14(19,20)15(21,22)23/h3-6H,1,7H2,2H3/t12-/m0/s1. The van der Waals surface area contributed by atoms with Gasteiger partial charge in [0, 0.05) is 6.42 Å². The monoisotopic (exact) mass is 357 g/mol. The summed E-state index contributed by atoms with van der Waals surface area (Å²) in [6, 6.07) is 4.40. The van der Waals surface area contributed by atoms with E-state index < -0.39 is 35.7 Å². The first-order chi connectivity index (χ1) is 10.7. The van der Waals surface area contributed by atoms with E-state index >= 15 is 0 Å². The Morgan fingerprint density at radius 1 is 0.958 bits per heavy atom. The van der Waals surface area contributed by atoms with Gasteiger partial charge in [0.25, 0.3) is 0 Å². The van der Waals surface area contributed by atoms with Gasteiger partial charge < -0.3 is 0 Å². The maximum atomic E-state index is 14.9. The van der Waals surface area contributed by atoms with Crippen LogP contribution in [0.3, 0.4) is 0 Å². The van der Waals surface area contributed by atoms with Crippen molar-refractivity contribution in [3.8, 4) is 6.07 Å². The van der Waals surface area contributed by atoms with Crippen LogP contribution in [-0.2, 0) is 5.67 Å². The van der Waals surface area contributed by atoms with E-state index in [1.807, 2.05) is 0 Å². The molecule has 0 saturated carbocycles. The fourth-order valence-electron chi connectivity index (χ4n) is 2.05. The van der Waals surface area contributed by atoms with Crippen molar-refractivity contribution in [1.29, 1.82) is 5.26 Å². The lowest BCUT2D eigenvalue weighted by molar-refractivity contribution is -0.382. The number of nitriles is 1. The third kappa shape index (κ3) is 3.09. The molecule has 0 N–H and O–H groups in total. The Hall–Kier alpha value is -2.11. The molecule has 0 aliphatic heterocycles. The molecule has 1 rings (SSSR count). The van der Waals surface area contributed by atoms with E-state index in [-0.39, 0.29) is 11.1 Å². The van der Waals surface area contributed by atoms with Crippen molar-refractivity contribution in [3.63, 3.8) is 0 Å². The predicted octanol–water partition coefficient (Wildman–Crippen LogP) is 5.52. The topological polar surface area (TPSA) is 23.8 Å². The third-order valence-corrected chi connectivity index (χ3v) is 3.26. The Labute approximate surface area is 132 Å². The van der Waals surface area contributed by atoms with Gasteiger partial charge in [0.15, 0.2) is 0 Å². The van der Waals surface area contributed by atoms with E-state index in [9.17, 15) is 35.1 Å². The summed E-state index contributed by atoms with van der Waals surface area (Å²) in [7, 11) is 0. The Morgan fingerprint density at radius 2 is 1.42 bits per heavy atom. The molecule has 0 aliphatic rings. The van der Waals surface area contributed by atoms with E-state index in [0.29, 0.717) is 12.1 Å². The van der Waals surface area contributed by atoms with Crippen LogP contribution < -0.4 is 0 Å². The van der Waals surface area contributed by atoms with E-state index in [2.05, 4.69) is 6.58 Å². The largest absolute Gasteiger partial charge is 0.460 e. The van der Waals surface area contributed by atoms with Crippen molar-refractivity contribution >= 4 is 0 Å². The average molecular weight is 357 g/mol. The van der Waals surface area contributed by atoms with Gasteiger partial charge in [0.1, 0.15) is 0 Å². The molecule has 0 spiro atoms. The second kappa shape index (κ2) is 6.07. The minimum Gasteiger partial charge on any atom is -0.231 e. The molecule has 0 radical (unpaired) electrons. The predicted molar refractivity (Wildman–Crippen MR) is 69.3 cm³/mol. The number of hydrogen-bond acceptors (Lipinski definition) is 1. The average Bonchev–Trinajstić information content (AvgIpc) is 2.45. The molecule has 0 amide bonds. The van der Waals surface area contributed by atoms with Crippen LogP contribution in [0.1, 0.15) is 24.5 Å². The van der Waals surface area contributed by atoms with Gasteiger partial charge in [-0.1, -0.05) is 17.7 Å². The second-order valence-corrected chi connectivity index (χ2v) is 5.27. The normalized spacial score (nSPS) is 15.5.